The summed E-state index contributed by atoms with van der Waals surface area (Å²) in [4.78, 5) is 27.4. The zero-order chi connectivity index (χ0) is 23.1. The van der Waals surface area contributed by atoms with Gasteiger partial charge in [0.15, 0.2) is 0 Å². The fourth-order valence-corrected chi connectivity index (χ4v) is 5.15. The smallest absolute Gasteiger partial charge is 0.257 e. The van der Waals surface area contributed by atoms with Crippen LogP contribution < -0.4 is 0 Å². The summed E-state index contributed by atoms with van der Waals surface area (Å²) in [6.07, 6.45) is 7.77. The minimum atomic E-state index is 0.0721. The minimum absolute atomic E-state index is 0.0721. The van der Waals surface area contributed by atoms with Crippen LogP contribution in [0, 0.1) is 0 Å². The first-order valence-electron chi connectivity index (χ1n) is 12.3. The summed E-state index contributed by atoms with van der Waals surface area (Å²) in [5.74, 6) is 0.972. The molecule has 1 aliphatic heterocycles. The predicted molar refractivity (Wildman–Crippen MR) is 128 cm³/mol. The largest absolute Gasteiger partial charge is 0.383 e. The normalized spacial score (nSPS) is 18.0. The Morgan fingerprint density at radius 2 is 1.85 bits per heavy atom. The third-order valence-electron chi connectivity index (χ3n) is 7.25. The maximum absolute atomic E-state index is 13.5. The lowest BCUT2D eigenvalue weighted by atomic mass is 9.90. The average Bonchev–Trinajstić information content (AvgIpc) is 3.64. The Labute approximate surface area is 199 Å². The van der Waals surface area contributed by atoms with Gasteiger partial charge in [0.05, 0.1) is 29.8 Å². The van der Waals surface area contributed by atoms with Gasteiger partial charge in [-0.25, -0.2) is 14.6 Å². The van der Waals surface area contributed by atoms with Crippen molar-refractivity contribution >= 4 is 5.91 Å². The summed E-state index contributed by atoms with van der Waals surface area (Å²) in [5, 5.41) is 4.64. The summed E-state index contributed by atoms with van der Waals surface area (Å²) >= 11 is 0. The molecular weight excluding hydrogens is 428 g/mol. The molecule has 6 rings (SSSR count). The van der Waals surface area contributed by atoms with Crippen LogP contribution in [-0.2, 0) is 17.6 Å². The number of hydrogen-bond acceptors (Lipinski definition) is 6. The monoisotopic (exact) mass is 458 g/mol. The molecule has 0 radical (unpaired) electrons. The van der Waals surface area contributed by atoms with Crippen LogP contribution in [-0.4, -0.2) is 81.9 Å². The number of aromatic nitrogens is 4. The first-order valence-corrected chi connectivity index (χ1v) is 12.3. The van der Waals surface area contributed by atoms with E-state index in [0.29, 0.717) is 17.4 Å². The number of carbonyl (C=O) groups is 1. The van der Waals surface area contributed by atoms with Gasteiger partial charge in [0, 0.05) is 57.5 Å². The number of piperazine rings is 1. The van der Waals surface area contributed by atoms with Crippen molar-refractivity contribution in [3.8, 4) is 17.2 Å². The van der Waals surface area contributed by atoms with Gasteiger partial charge in [-0.05, 0) is 36.8 Å². The van der Waals surface area contributed by atoms with Crippen LogP contribution in [0.15, 0.2) is 36.7 Å². The second-order valence-electron chi connectivity index (χ2n) is 9.46. The van der Waals surface area contributed by atoms with Crippen molar-refractivity contribution in [2.75, 3.05) is 46.4 Å². The first-order chi connectivity index (χ1) is 16.7. The average molecular weight is 459 g/mol. The topological polar surface area (TPSA) is 76.4 Å². The highest BCUT2D eigenvalue weighted by atomic mass is 16.5. The number of ether oxygens (including phenoxy) is 1. The molecule has 34 heavy (non-hydrogen) atoms. The Morgan fingerprint density at radius 1 is 1.06 bits per heavy atom. The van der Waals surface area contributed by atoms with Crippen molar-refractivity contribution in [2.24, 2.45) is 0 Å². The van der Waals surface area contributed by atoms with Crippen LogP contribution in [0.25, 0.3) is 17.2 Å². The summed E-state index contributed by atoms with van der Waals surface area (Å²) < 4.78 is 7.01. The predicted octanol–water partition coefficient (Wildman–Crippen LogP) is 2.71. The van der Waals surface area contributed by atoms with E-state index in [1.165, 1.54) is 16.7 Å². The van der Waals surface area contributed by atoms with Crippen LogP contribution in [0.1, 0.15) is 45.9 Å². The molecule has 0 N–H and O–H groups in total. The molecule has 0 unspecified atom stereocenters. The number of fused-ring (bicyclic) bond motifs is 3. The standard InChI is InChI=1S/C26H30N6O2/c1-34-15-14-30-10-12-31(13-11-30)25(33)22-17-28-32(24(22)19-7-8-19)26-27-16-20-9-6-18-4-2-3-5-21(18)23(20)29-26/h2-5,16-17,19H,6-15H2,1H3. The minimum Gasteiger partial charge on any atom is -0.383 e. The lowest BCUT2D eigenvalue weighted by Crippen LogP contribution is -2.49. The second kappa shape index (κ2) is 8.92. The van der Waals surface area contributed by atoms with Gasteiger partial charge in [0.25, 0.3) is 11.9 Å². The molecule has 1 amide bonds. The molecule has 0 bridgehead atoms. The van der Waals surface area contributed by atoms with Gasteiger partial charge in [-0.15, -0.1) is 0 Å². The van der Waals surface area contributed by atoms with Crippen LogP contribution in [0.2, 0.25) is 0 Å². The SMILES string of the molecule is COCCN1CCN(C(=O)c2cnn(-c3ncc4c(n3)-c3ccccc3CC4)c2C2CC2)CC1. The van der Waals surface area contributed by atoms with Gasteiger partial charge < -0.3 is 9.64 Å². The summed E-state index contributed by atoms with van der Waals surface area (Å²) in [6.45, 7) is 4.82. The molecule has 0 atom stereocenters. The lowest BCUT2D eigenvalue weighted by Gasteiger charge is -2.34. The first kappa shape index (κ1) is 21.4. The molecule has 8 heteroatoms. The summed E-state index contributed by atoms with van der Waals surface area (Å²) in [5.41, 5.74) is 6.33. The van der Waals surface area contributed by atoms with Crippen LogP contribution >= 0.6 is 0 Å². The molecule has 1 saturated carbocycles. The summed E-state index contributed by atoms with van der Waals surface area (Å²) in [7, 11) is 1.72. The fourth-order valence-electron chi connectivity index (χ4n) is 5.15. The highest BCUT2D eigenvalue weighted by molar-refractivity contribution is 5.95. The van der Waals surface area contributed by atoms with Gasteiger partial charge in [-0.2, -0.15) is 5.10 Å². The third kappa shape index (κ3) is 3.91. The van der Waals surface area contributed by atoms with Crippen LogP contribution in [0.5, 0.6) is 0 Å². The summed E-state index contributed by atoms with van der Waals surface area (Å²) in [6, 6.07) is 8.45. The van der Waals surface area contributed by atoms with Crippen molar-refractivity contribution in [3.05, 3.63) is 59.0 Å². The molecule has 8 nitrogen and oxygen atoms in total. The number of hydrogen-bond donors (Lipinski definition) is 0. The molecule has 2 aromatic heterocycles. The van der Waals surface area contributed by atoms with Crippen molar-refractivity contribution < 1.29 is 9.53 Å². The number of amides is 1. The maximum Gasteiger partial charge on any atom is 0.257 e. The molecule has 1 saturated heterocycles. The van der Waals surface area contributed by atoms with Crippen molar-refractivity contribution in [2.45, 2.75) is 31.6 Å². The second-order valence-corrected chi connectivity index (χ2v) is 9.46. The van der Waals surface area contributed by atoms with E-state index in [-0.39, 0.29) is 5.91 Å². The molecule has 3 heterocycles. The van der Waals surface area contributed by atoms with E-state index >= 15 is 0 Å². The Kier molecular flexibility index (Phi) is 5.63. The molecule has 0 spiro atoms. The van der Waals surface area contributed by atoms with Gasteiger partial charge in [0.1, 0.15) is 0 Å². The molecule has 3 aromatic rings. The molecule has 176 valence electrons. The van der Waals surface area contributed by atoms with Crippen LogP contribution in [0.4, 0.5) is 0 Å². The van der Waals surface area contributed by atoms with E-state index in [1.54, 1.807) is 13.3 Å². The lowest BCUT2D eigenvalue weighted by molar-refractivity contribution is 0.0593. The third-order valence-corrected chi connectivity index (χ3v) is 7.25. The molecular formula is C26H30N6O2. The quantitative estimate of drug-likeness (QED) is 0.565. The van der Waals surface area contributed by atoms with E-state index in [4.69, 9.17) is 9.72 Å². The molecule has 3 aliphatic rings. The Morgan fingerprint density at radius 3 is 2.65 bits per heavy atom. The zero-order valence-electron chi connectivity index (χ0n) is 19.6. The zero-order valence-corrected chi connectivity index (χ0v) is 19.6. The Bertz CT molecular complexity index is 1210. The molecule has 1 aromatic carbocycles. The van der Waals surface area contributed by atoms with Crippen molar-refractivity contribution in [3.63, 3.8) is 0 Å². The van der Waals surface area contributed by atoms with Gasteiger partial charge in [-0.1, -0.05) is 24.3 Å². The van der Waals surface area contributed by atoms with Crippen LogP contribution in [0.3, 0.4) is 0 Å². The molecule has 2 aliphatic carbocycles. The number of aryl methyl sites for hydroxylation is 2. The van der Waals surface area contributed by atoms with E-state index in [9.17, 15) is 4.79 Å². The van der Waals surface area contributed by atoms with Gasteiger partial charge in [0.2, 0.25) is 0 Å². The number of carbonyl (C=O) groups excluding carboxylic acids is 1. The van der Waals surface area contributed by atoms with Crippen molar-refractivity contribution in [1.82, 2.24) is 29.5 Å². The highest BCUT2D eigenvalue weighted by Gasteiger charge is 2.35. The van der Waals surface area contributed by atoms with E-state index < -0.39 is 0 Å². The van der Waals surface area contributed by atoms with E-state index in [1.807, 2.05) is 15.8 Å². The maximum atomic E-state index is 13.5. The highest BCUT2D eigenvalue weighted by Crippen LogP contribution is 2.43. The van der Waals surface area contributed by atoms with Crippen molar-refractivity contribution in [1.29, 1.82) is 0 Å². The van der Waals surface area contributed by atoms with E-state index in [2.05, 4.69) is 39.2 Å². The Balaban J connectivity index is 1.29. The number of benzene rings is 1. The van der Waals surface area contributed by atoms with E-state index in [0.717, 1.165) is 76.4 Å². The number of methoxy groups -OCH3 is 1. The number of nitrogens with zero attached hydrogens (tertiary/aromatic N) is 6. The Hall–Kier alpha value is -3.10. The van der Waals surface area contributed by atoms with Gasteiger partial charge >= 0.3 is 0 Å². The number of rotatable bonds is 6. The van der Waals surface area contributed by atoms with Gasteiger partial charge in [-0.3, -0.25) is 9.69 Å². The molecule has 2 fully saturated rings. The fraction of sp³-hybridized carbons (Fsp3) is 0.462.